The third-order valence-electron chi connectivity index (χ3n) is 4.45. The lowest BCUT2D eigenvalue weighted by molar-refractivity contribution is 0.0558. The number of aromatic nitrogens is 5. The molecule has 5 rings (SSSR count). The quantitative estimate of drug-likeness (QED) is 0.705. The molecule has 0 aromatic carbocycles. The van der Waals surface area contributed by atoms with Crippen molar-refractivity contribution < 1.29 is 13.8 Å². The van der Waals surface area contributed by atoms with Crippen molar-refractivity contribution in [2.75, 3.05) is 13.1 Å². The molecule has 1 saturated carbocycles. The minimum Gasteiger partial charge on any atom is -0.360 e. The van der Waals surface area contributed by atoms with E-state index in [9.17, 15) is 4.79 Å². The average Bonchev–Trinajstić information content (AvgIpc) is 3.14. The predicted octanol–water partition coefficient (Wildman–Crippen LogP) is 1.63. The van der Waals surface area contributed by atoms with E-state index < -0.39 is 0 Å². The Labute approximate surface area is 142 Å². The summed E-state index contributed by atoms with van der Waals surface area (Å²) in [6, 6.07) is 3.48. The number of amides is 1. The maximum absolute atomic E-state index is 12.4. The van der Waals surface area contributed by atoms with Crippen LogP contribution in [0.5, 0.6) is 0 Å². The van der Waals surface area contributed by atoms with E-state index in [-0.39, 0.29) is 11.8 Å². The Kier molecular flexibility index (Phi) is 3.12. The van der Waals surface area contributed by atoms with Gasteiger partial charge in [-0.1, -0.05) is 10.3 Å². The second kappa shape index (κ2) is 5.47. The van der Waals surface area contributed by atoms with Gasteiger partial charge in [0.15, 0.2) is 5.69 Å². The summed E-state index contributed by atoms with van der Waals surface area (Å²) in [5.74, 6) is 2.40. The number of carbonyl (C=O) groups excluding carboxylic acids is 1. The van der Waals surface area contributed by atoms with Crippen molar-refractivity contribution in [3.63, 3.8) is 0 Å². The van der Waals surface area contributed by atoms with E-state index in [0.717, 1.165) is 18.6 Å². The van der Waals surface area contributed by atoms with Gasteiger partial charge in [0, 0.05) is 37.5 Å². The molecule has 126 valence electrons. The molecule has 1 aliphatic heterocycles. The molecule has 0 atom stereocenters. The first kappa shape index (κ1) is 14.3. The first-order valence-electron chi connectivity index (χ1n) is 8.15. The SMILES string of the molecule is O=C(c1cc(C2CC2)on1)N1CC(c2nc(-c3ncccn3)no2)C1. The number of hydrogen-bond acceptors (Lipinski definition) is 8. The van der Waals surface area contributed by atoms with Crippen LogP contribution in [0.3, 0.4) is 0 Å². The lowest BCUT2D eigenvalue weighted by Crippen LogP contribution is -2.48. The summed E-state index contributed by atoms with van der Waals surface area (Å²) < 4.78 is 10.5. The zero-order valence-corrected chi connectivity index (χ0v) is 13.2. The maximum atomic E-state index is 12.4. The largest absolute Gasteiger partial charge is 0.360 e. The summed E-state index contributed by atoms with van der Waals surface area (Å²) in [6.07, 6.45) is 5.46. The number of hydrogen-bond donors (Lipinski definition) is 0. The van der Waals surface area contributed by atoms with Gasteiger partial charge in [-0.05, 0) is 18.9 Å². The number of rotatable bonds is 4. The molecule has 0 radical (unpaired) electrons. The summed E-state index contributed by atoms with van der Waals surface area (Å²) in [5, 5.41) is 7.79. The minimum atomic E-state index is -0.127. The summed E-state index contributed by atoms with van der Waals surface area (Å²) in [5.41, 5.74) is 0.365. The highest BCUT2D eigenvalue weighted by Crippen LogP contribution is 2.40. The number of nitrogens with zero attached hydrogens (tertiary/aromatic N) is 6. The van der Waals surface area contributed by atoms with Gasteiger partial charge < -0.3 is 13.9 Å². The van der Waals surface area contributed by atoms with Gasteiger partial charge in [-0.2, -0.15) is 4.98 Å². The van der Waals surface area contributed by atoms with E-state index in [4.69, 9.17) is 9.05 Å². The topological polar surface area (TPSA) is 111 Å². The summed E-state index contributed by atoms with van der Waals surface area (Å²) >= 11 is 0. The lowest BCUT2D eigenvalue weighted by atomic mass is 9.99. The number of likely N-dealkylation sites (tertiary alicyclic amines) is 1. The van der Waals surface area contributed by atoms with Crippen LogP contribution in [0.15, 0.2) is 33.6 Å². The van der Waals surface area contributed by atoms with E-state index in [1.54, 1.807) is 29.4 Å². The second-order valence-corrected chi connectivity index (χ2v) is 6.32. The van der Waals surface area contributed by atoms with E-state index in [1.165, 1.54) is 0 Å². The van der Waals surface area contributed by atoms with Crippen LogP contribution < -0.4 is 0 Å². The Bertz CT molecular complexity index is 911. The molecule has 9 nitrogen and oxygen atoms in total. The molecule has 25 heavy (non-hydrogen) atoms. The van der Waals surface area contributed by atoms with Crippen LogP contribution in [0.4, 0.5) is 0 Å². The normalized spacial score (nSPS) is 17.5. The Morgan fingerprint density at radius 3 is 2.60 bits per heavy atom. The Morgan fingerprint density at radius 1 is 1.04 bits per heavy atom. The van der Waals surface area contributed by atoms with Crippen molar-refractivity contribution in [1.82, 2.24) is 30.2 Å². The van der Waals surface area contributed by atoms with E-state index in [1.807, 2.05) is 0 Å². The molecule has 1 saturated heterocycles. The second-order valence-electron chi connectivity index (χ2n) is 6.32. The molecule has 9 heteroatoms. The van der Waals surface area contributed by atoms with Gasteiger partial charge in [-0.25, -0.2) is 9.97 Å². The summed E-state index contributed by atoms with van der Waals surface area (Å²) in [7, 11) is 0. The van der Waals surface area contributed by atoms with E-state index in [2.05, 4.69) is 25.3 Å². The molecule has 2 aliphatic rings. The standard InChI is InChI=1S/C16H14N6O3/c23-16(11-6-12(24-20-11)9-2-3-9)22-7-10(8-22)15-19-14(21-25-15)13-17-4-1-5-18-13/h1,4-6,9-10H,2-3,7-8H2. The molecular weight excluding hydrogens is 324 g/mol. The van der Waals surface area contributed by atoms with E-state index >= 15 is 0 Å². The van der Waals surface area contributed by atoms with Crippen LogP contribution >= 0.6 is 0 Å². The molecule has 0 unspecified atom stereocenters. The molecule has 0 N–H and O–H groups in total. The highest BCUT2D eigenvalue weighted by atomic mass is 16.5. The third kappa shape index (κ3) is 2.57. The van der Waals surface area contributed by atoms with Crippen LogP contribution in [-0.4, -0.2) is 49.2 Å². The zero-order valence-electron chi connectivity index (χ0n) is 13.2. The van der Waals surface area contributed by atoms with Crippen molar-refractivity contribution >= 4 is 5.91 Å². The van der Waals surface area contributed by atoms with Crippen LogP contribution in [-0.2, 0) is 0 Å². The van der Waals surface area contributed by atoms with Crippen molar-refractivity contribution in [3.8, 4) is 11.6 Å². The smallest absolute Gasteiger partial charge is 0.276 e. The Hall–Kier alpha value is -3.10. The van der Waals surface area contributed by atoms with Gasteiger partial charge in [-0.15, -0.1) is 0 Å². The van der Waals surface area contributed by atoms with Gasteiger partial charge in [0.05, 0.1) is 5.92 Å². The molecule has 3 aromatic heterocycles. The fourth-order valence-corrected chi connectivity index (χ4v) is 2.82. The highest BCUT2D eigenvalue weighted by Gasteiger charge is 2.38. The molecule has 2 fully saturated rings. The van der Waals surface area contributed by atoms with Gasteiger partial charge in [-0.3, -0.25) is 4.79 Å². The first-order chi connectivity index (χ1) is 12.3. The van der Waals surface area contributed by atoms with E-state index in [0.29, 0.717) is 42.2 Å². The molecular formula is C16H14N6O3. The first-order valence-corrected chi connectivity index (χ1v) is 8.15. The lowest BCUT2D eigenvalue weighted by Gasteiger charge is -2.36. The molecule has 3 aromatic rings. The van der Waals surface area contributed by atoms with Crippen molar-refractivity contribution in [2.24, 2.45) is 0 Å². The minimum absolute atomic E-state index is 0.0173. The predicted molar refractivity (Wildman–Crippen MR) is 82.4 cm³/mol. The Balaban J connectivity index is 1.24. The molecule has 0 spiro atoms. The van der Waals surface area contributed by atoms with Gasteiger partial charge in [0.1, 0.15) is 5.76 Å². The highest BCUT2D eigenvalue weighted by molar-refractivity contribution is 5.93. The molecule has 0 bridgehead atoms. The van der Waals surface area contributed by atoms with Crippen LogP contribution in [0, 0.1) is 0 Å². The summed E-state index contributed by atoms with van der Waals surface area (Å²) in [4.78, 5) is 26.6. The van der Waals surface area contributed by atoms with Crippen molar-refractivity contribution in [2.45, 2.75) is 24.7 Å². The van der Waals surface area contributed by atoms with Gasteiger partial charge in [0.2, 0.25) is 17.5 Å². The maximum Gasteiger partial charge on any atom is 0.276 e. The van der Waals surface area contributed by atoms with Crippen LogP contribution in [0.25, 0.3) is 11.6 Å². The monoisotopic (exact) mass is 338 g/mol. The fourth-order valence-electron chi connectivity index (χ4n) is 2.82. The van der Waals surface area contributed by atoms with Gasteiger partial charge in [0.25, 0.3) is 5.91 Å². The summed E-state index contributed by atoms with van der Waals surface area (Å²) in [6.45, 7) is 1.03. The van der Waals surface area contributed by atoms with Crippen molar-refractivity contribution in [1.29, 1.82) is 0 Å². The molecule has 1 amide bonds. The van der Waals surface area contributed by atoms with Crippen LogP contribution in [0.1, 0.15) is 46.8 Å². The zero-order chi connectivity index (χ0) is 16.8. The van der Waals surface area contributed by atoms with Crippen LogP contribution in [0.2, 0.25) is 0 Å². The van der Waals surface area contributed by atoms with Crippen molar-refractivity contribution in [3.05, 3.63) is 41.9 Å². The fraction of sp³-hybridized carbons (Fsp3) is 0.375. The Morgan fingerprint density at radius 2 is 1.84 bits per heavy atom. The molecule has 1 aliphatic carbocycles. The number of carbonyl (C=O) groups is 1. The molecule has 4 heterocycles. The average molecular weight is 338 g/mol. The third-order valence-corrected chi connectivity index (χ3v) is 4.45. The van der Waals surface area contributed by atoms with Gasteiger partial charge >= 0.3 is 0 Å².